The predicted molar refractivity (Wildman–Crippen MR) is 98.2 cm³/mol. The van der Waals surface area contributed by atoms with Crippen molar-refractivity contribution in [2.75, 3.05) is 12.1 Å². The molecule has 1 aliphatic carbocycles. The summed E-state index contributed by atoms with van der Waals surface area (Å²) in [7, 11) is 0. The highest BCUT2D eigenvalue weighted by Crippen LogP contribution is 2.36. The van der Waals surface area contributed by atoms with Crippen LogP contribution >= 0.6 is 0 Å². The van der Waals surface area contributed by atoms with Crippen LogP contribution in [0.3, 0.4) is 0 Å². The van der Waals surface area contributed by atoms with Crippen molar-refractivity contribution in [2.24, 2.45) is 0 Å². The quantitative estimate of drug-likeness (QED) is 0.598. The number of hydrogen-bond acceptors (Lipinski definition) is 6. The third-order valence-corrected chi connectivity index (χ3v) is 4.64. The third kappa shape index (κ3) is 3.64. The Morgan fingerprint density at radius 2 is 1.96 bits per heavy atom. The van der Waals surface area contributed by atoms with Gasteiger partial charge in [-0.2, -0.15) is 0 Å². The van der Waals surface area contributed by atoms with E-state index in [0.29, 0.717) is 17.2 Å². The van der Waals surface area contributed by atoms with E-state index in [1.54, 1.807) is 12.1 Å². The number of hydrogen-bond donors (Lipinski definition) is 2. The zero-order valence-corrected chi connectivity index (χ0v) is 14.7. The van der Waals surface area contributed by atoms with Crippen molar-refractivity contribution in [3.8, 4) is 11.5 Å². The van der Waals surface area contributed by atoms with E-state index in [4.69, 9.17) is 9.47 Å². The number of benzene rings is 2. The first kappa shape index (κ1) is 17.1. The van der Waals surface area contributed by atoms with Crippen LogP contribution in [0.5, 0.6) is 11.5 Å². The Balaban J connectivity index is 1.55. The maximum absolute atomic E-state index is 12.2. The van der Waals surface area contributed by atoms with Gasteiger partial charge in [-0.05, 0) is 49.6 Å². The second-order valence-corrected chi connectivity index (χ2v) is 6.72. The lowest BCUT2D eigenvalue weighted by Gasteiger charge is -2.16. The molecule has 140 valence electrons. The van der Waals surface area contributed by atoms with E-state index < -0.39 is 4.92 Å². The fourth-order valence-corrected chi connectivity index (χ4v) is 2.94. The Kier molecular flexibility index (Phi) is 4.31. The molecule has 1 aliphatic heterocycles. The third-order valence-electron chi connectivity index (χ3n) is 4.64. The Labute approximate surface area is 155 Å². The molecule has 1 amide bonds. The molecule has 27 heavy (non-hydrogen) atoms. The number of nitro benzene ring substituents is 1. The van der Waals surface area contributed by atoms with E-state index in [2.05, 4.69) is 10.6 Å². The molecule has 1 heterocycles. The minimum Gasteiger partial charge on any atom is -0.454 e. The first-order valence-electron chi connectivity index (χ1n) is 8.76. The number of amides is 1. The van der Waals surface area contributed by atoms with E-state index in [0.717, 1.165) is 18.4 Å². The van der Waals surface area contributed by atoms with Gasteiger partial charge in [0.1, 0.15) is 5.69 Å². The van der Waals surface area contributed by atoms with E-state index >= 15 is 0 Å². The van der Waals surface area contributed by atoms with Crippen LogP contribution in [0, 0.1) is 10.1 Å². The van der Waals surface area contributed by atoms with Gasteiger partial charge in [0, 0.05) is 23.7 Å². The first-order chi connectivity index (χ1) is 13.0. The molecule has 4 rings (SSSR count). The minimum absolute atomic E-state index is 0.133. The SMILES string of the molecule is CC(Nc1ccc(C(=O)NC2CC2)cc1[N+](=O)[O-])c1ccc2c(c1)OCO2. The van der Waals surface area contributed by atoms with Crippen molar-refractivity contribution in [3.63, 3.8) is 0 Å². The number of carbonyl (C=O) groups is 1. The van der Waals surface area contributed by atoms with Crippen LogP contribution in [0.25, 0.3) is 0 Å². The summed E-state index contributed by atoms with van der Waals surface area (Å²) in [6.45, 7) is 2.09. The van der Waals surface area contributed by atoms with E-state index in [-0.39, 0.29) is 36.0 Å². The summed E-state index contributed by atoms with van der Waals surface area (Å²) in [6.07, 6.45) is 1.92. The van der Waals surface area contributed by atoms with Gasteiger partial charge in [0.15, 0.2) is 11.5 Å². The van der Waals surface area contributed by atoms with Crippen LogP contribution in [0.2, 0.25) is 0 Å². The number of nitrogens with one attached hydrogen (secondary N) is 2. The second-order valence-electron chi connectivity index (χ2n) is 6.72. The Morgan fingerprint density at radius 1 is 1.19 bits per heavy atom. The van der Waals surface area contributed by atoms with E-state index in [1.165, 1.54) is 6.07 Å². The van der Waals surface area contributed by atoms with Gasteiger partial charge >= 0.3 is 0 Å². The van der Waals surface area contributed by atoms with Gasteiger partial charge in [-0.3, -0.25) is 14.9 Å². The minimum atomic E-state index is -0.484. The number of anilines is 1. The highest BCUT2D eigenvalue weighted by Gasteiger charge is 2.26. The highest BCUT2D eigenvalue weighted by molar-refractivity contribution is 5.96. The molecule has 2 aromatic rings. The fourth-order valence-electron chi connectivity index (χ4n) is 2.94. The van der Waals surface area contributed by atoms with Gasteiger partial charge < -0.3 is 20.1 Å². The monoisotopic (exact) mass is 369 g/mol. The lowest BCUT2D eigenvalue weighted by Crippen LogP contribution is -2.25. The normalized spacial score (nSPS) is 15.9. The van der Waals surface area contributed by atoms with Gasteiger partial charge in [0.2, 0.25) is 6.79 Å². The molecule has 8 heteroatoms. The summed E-state index contributed by atoms with van der Waals surface area (Å²) in [5, 5.41) is 17.5. The van der Waals surface area contributed by atoms with Gasteiger partial charge in [0.25, 0.3) is 11.6 Å². The lowest BCUT2D eigenvalue weighted by molar-refractivity contribution is -0.384. The maximum atomic E-state index is 12.2. The zero-order chi connectivity index (χ0) is 19.0. The second kappa shape index (κ2) is 6.79. The first-order valence-corrected chi connectivity index (χ1v) is 8.76. The number of ether oxygens (including phenoxy) is 2. The molecule has 0 spiro atoms. The molecule has 1 saturated carbocycles. The van der Waals surface area contributed by atoms with Crippen LogP contribution in [-0.2, 0) is 0 Å². The van der Waals surface area contributed by atoms with Crippen LogP contribution in [-0.4, -0.2) is 23.7 Å². The summed E-state index contributed by atoms with van der Waals surface area (Å²) >= 11 is 0. The fraction of sp³-hybridized carbons (Fsp3) is 0.316. The summed E-state index contributed by atoms with van der Waals surface area (Å²) < 4.78 is 10.7. The summed E-state index contributed by atoms with van der Waals surface area (Å²) in [6, 6.07) is 10.0. The molecule has 2 aliphatic rings. The van der Waals surface area contributed by atoms with Crippen molar-refractivity contribution >= 4 is 17.3 Å². The zero-order valence-electron chi connectivity index (χ0n) is 14.7. The average Bonchev–Trinajstić information content (AvgIpc) is 3.34. The standard InChI is InChI=1S/C19H19N3O5/c1-11(12-3-7-17-18(9-12)27-10-26-17)20-15-6-2-13(8-16(15)22(24)25)19(23)21-14-4-5-14/h2-3,6-9,11,14,20H,4-5,10H2,1H3,(H,21,23). The molecule has 2 N–H and O–H groups in total. The van der Waals surface area contributed by atoms with Crippen molar-refractivity contribution in [3.05, 3.63) is 57.6 Å². The number of rotatable bonds is 6. The van der Waals surface area contributed by atoms with Crippen LogP contribution in [0.4, 0.5) is 11.4 Å². The average molecular weight is 369 g/mol. The topological polar surface area (TPSA) is 103 Å². The van der Waals surface area contributed by atoms with Crippen LogP contribution in [0.15, 0.2) is 36.4 Å². The number of carbonyl (C=O) groups excluding carboxylic acids is 1. The Bertz CT molecular complexity index is 910. The van der Waals surface area contributed by atoms with Crippen LogP contribution < -0.4 is 20.1 Å². The molecule has 1 unspecified atom stereocenters. The molecule has 2 aromatic carbocycles. The van der Waals surface area contributed by atoms with Gasteiger partial charge in [-0.1, -0.05) is 6.07 Å². The Hall–Kier alpha value is -3.29. The van der Waals surface area contributed by atoms with Crippen molar-refractivity contribution < 1.29 is 19.2 Å². The summed E-state index contributed by atoms with van der Waals surface area (Å²) in [5.41, 5.74) is 1.41. The summed E-state index contributed by atoms with van der Waals surface area (Å²) in [4.78, 5) is 23.2. The predicted octanol–water partition coefficient (Wildman–Crippen LogP) is 3.39. The lowest BCUT2D eigenvalue weighted by atomic mass is 10.1. The Morgan fingerprint density at radius 3 is 2.70 bits per heavy atom. The smallest absolute Gasteiger partial charge is 0.293 e. The molecule has 1 fully saturated rings. The number of nitro groups is 1. The molecule has 0 saturated heterocycles. The molecular formula is C19H19N3O5. The number of nitrogens with zero attached hydrogens (tertiary/aromatic N) is 1. The van der Waals surface area contributed by atoms with Crippen molar-refractivity contribution in [2.45, 2.75) is 31.8 Å². The molecule has 8 nitrogen and oxygen atoms in total. The van der Waals surface area contributed by atoms with Crippen LogP contribution in [0.1, 0.15) is 41.7 Å². The van der Waals surface area contributed by atoms with Gasteiger partial charge in [0.05, 0.1) is 4.92 Å². The molecule has 0 aromatic heterocycles. The molecule has 1 atom stereocenters. The summed E-state index contributed by atoms with van der Waals surface area (Å²) in [5.74, 6) is 1.06. The molecular weight excluding hydrogens is 350 g/mol. The van der Waals surface area contributed by atoms with Crippen molar-refractivity contribution in [1.29, 1.82) is 0 Å². The number of fused-ring (bicyclic) bond motifs is 1. The van der Waals surface area contributed by atoms with E-state index in [1.807, 2.05) is 25.1 Å². The maximum Gasteiger partial charge on any atom is 0.293 e. The van der Waals surface area contributed by atoms with Gasteiger partial charge in [-0.25, -0.2) is 0 Å². The molecule has 0 bridgehead atoms. The largest absolute Gasteiger partial charge is 0.454 e. The highest BCUT2D eigenvalue weighted by atomic mass is 16.7. The van der Waals surface area contributed by atoms with Gasteiger partial charge in [-0.15, -0.1) is 0 Å². The molecule has 0 radical (unpaired) electrons. The van der Waals surface area contributed by atoms with E-state index in [9.17, 15) is 14.9 Å². The van der Waals surface area contributed by atoms with Crippen molar-refractivity contribution in [1.82, 2.24) is 5.32 Å².